The molecule has 0 atom stereocenters. The molecule has 0 nitrogen and oxygen atoms in total. The first-order chi connectivity index (χ1) is 7.50. The van der Waals surface area contributed by atoms with Crippen molar-refractivity contribution in [1.29, 1.82) is 0 Å². The van der Waals surface area contributed by atoms with Gasteiger partial charge in [-0.3, -0.25) is 0 Å². The van der Waals surface area contributed by atoms with Crippen LogP contribution in [0.25, 0.3) is 5.57 Å². The Morgan fingerprint density at radius 2 is 1.69 bits per heavy atom. The van der Waals surface area contributed by atoms with Crippen molar-refractivity contribution in [2.24, 2.45) is 0 Å². The third kappa shape index (κ3) is 3.50. The standard InChI is InChI=1S/C15H17F/c1-11-5-9-15(10-6-11)13(3)8-7-12(2)14(4)16/h5-10H,3H2,1-2,4H3/b8-7-,14-12+. The zero-order valence-electron chi connectivity index (χ0n) is 10.0. The maximum atomic E-state index is 12.8. The SMILES string of the molecule is C=C(/C=C\C(C)=C(/C)F)c1ccc(C)cc1. The summed E-state index contributed by atoms with van der Waals surface area (Å²) in [6.45, 7) is 9.19. The number of hydrogen-bond donors (Lipinski definition) is 0. The molecule has 0 saturated heterocycles. The zero-order chi connectivity index (χ0) is 12.1. The van der Waals surface area contributed by atoms with E-state index in [1.54, 1.807) is 13.0 Å². The molecular weight excluding hydrogens is 199 g/mol. The van der Waals surface area contributed by atoms with Crippen molar-refractivity contribution in [3.05, 3.63) is 65.5 Å². The lowest BCUT2D eigenvalue weighted by Gasteiger charge is -2.01. The number of hydrogen-bond acceptors (Lipinski definition) is 0. The summed E-state index contributed by atoms with van der Waals surface area (Å²) in [5.41, 5.74) is 3.80. The first-order valence-electron chi connectivity index (χ1n) is 5.27. The molecular formula is C15H17F. The smallest absolute Gasteiger partial charge is 0.0997 e. The van der Waals surface area contributed by atoms with Crippen molar-refractivity contribution in [3.63, 3.8) is 0 Å². The van der Waals surface area contributed by atoms with Crippen LogP contribution in [0.4, 0.5) is 4.39 Å². The first kappa shape index (κ1) is 12.4. The van der Waals surface area contributed by atoms with E-state index in [1.807, 2.05) is 37.3 Å². The molecule has 0 amide bonds. The summed E-state index contributed by atoms with van der Waals surface area (Å²) in [4.78, 5) is 0. The summed E-state index contributed by atoms with van der Waals surface area (Å²) in [6.07, 6.45) is 3.58. The van der Waals surface area contributed by atoms with Gasteiger partial charge in [-0.1, -0.05) is 48.6 Å². The van der Waals surface area contributed by atoms with E-state index in [0.717, 1.165) is 11.1 Å². The van der Waals surface area contributed by atoms with Crippen LogP contribution in [0.3, 0.4) is 0 Å². The average Bonchev–Trinajstić information content (AvgIpc) is 2.26. The lowest BCUT2D eigenvalue weighted by Crippen LogP contribution is -1.80. The van der Waals surface area contributed by atoms with Gasteiger partial charge in [-0.05, 0) is 37.5 Å². The molecule has 0 aliphatic carbocycles. The summed E-state index contributed by atoms with van der Waals surface area (Å²) >= 11 is 0. The van der Waals surface area contributed by atoms with E-state index >= 15 is 0 Å². The summed E-state index contributed by atoms with van der Waals surface area (Å²) in [5.74, 6) is -0.159. The lowest BCUT2D eigenvalue weighted by atomic mass is 10.0. The maximum absolute atomic E-state index is 12.8. The minimum atomic E-state index is -0.159. The van der Waals surface area contributed by atoms with Gasteiger partial charge in [0.05, 0.1) is 5.83 Å². The monoisotopic (exact) mass is 216 g/mol. The third-order valence-electron chi connectivity index (χ3n) is 2.50. The predicted molar refractivity (Wildman–Crippen MR) is 68.8 cm³/mol. The largest absolute Gasteiger partial charge is 0.212 e. The summed E-state index contributed by atoms with van der Waals surface area (Å²) < 4.78 is 12.8. The molecule has 1 aromatic rings. The second kappa shape index (κ2) is 5.45. The highest BCUT2D eigenvalue weighted by Gasteiger charge is 1.95. The van der Waals surface area contributed by atoms with Crippen LogP contribution >= 0.6 is 0 Å². The second-order valence-corrected chi connectivity index (χ2v) is 3.94. The Bertz CT molecular complexity index is 429. The second-order valence-electron chi connectivity index (χ2n) is 3.94. The van der Waals surface area contributed by atoms with E-state index in [1.165, 1.54) is 12.5 Å². The molecule has 1 heteroatoms. The van der Waals surface area contributed by atoms with E-state index < -0.39 is 0 Å². The quantitative estimate of drug-likeness (QED) is 0.635. The molecule has 0 saturated carbocycles. The molecule has 0 aliphatic heterocycles. The number of allylic oxidation sites excluding steroid dienone is 5. The van der Waals surface area contributed by atoms with Crippen molar-refractivity contribution in [3.8, 4) is 0 Å². The zero-order valence-corrected chi connectivity index (χ0v) is 10.0. The van der Waals surface area contributed by atoms with Crippen LogP contribution in [0.15, 0.2) is 54.4 Å². The molecule has 0 spiro atoms. The van der Waals surface area contributed by atoms with Crippen molar-refractivity contribution >= 4 is 5.57 Å². The molecule has 16 heavy (non-hydrogen) atoms. The van der Waals surface area contributed by atoms with Crippen molar-refractivity contribution in [2.45, 2.75) is 20.8 Å². The Balaban J connectivity index is 2.81. The molecule has 0 aromatic heterocycles. The van der Waals surface area contributed by atoms with Crippen LogP contribution in [0.2, 0.25) is 0 Å². The Kier molecular flexibility index (Phi) is 4.24. The van der Waals surface area contributed by atoms with E-state index in [-0.39, 0.29) is 5.83 Å². The van der Waals surface area contributed by atoms with Gasteiger partial charge in [-0.2, -0.15) is 0 Å². The van der Waals surface area contributed by atoms with Crippen molar-refractivity contribution in [2.75, 3.05) is 0 Å². The molecule has 0 radical (unpaired) electrons. The highest BCUT2D eigenvalue weighted by Crippen LogP contribution is 2.16. The minimum Gasteiger partial charge on any atom is -0.212 e. The molecule has 1 rings (SSSR count). The van der Waals surface area contributed by atoms with Gasteiger partial charge in [0.1, 0.15) is 0 Å². The highest BCUT2D eigenvalue weighted by molar-refractivity contribution is 5.72. The van der Waals surface area contributed by atoms with Crippen LogP contribution in [0.5, 0.6) is 0 Å². The molecule has 0 aliphatic rings. The number of aryl methyl sites for hydroxylation is 1. The van der Waals surface area contributed by atoms with Gasteiger partial charge in [0.15, 0.2) is 0 Å². The van der Waals surface area contributed by atoms with Crippen molar-refractivity contribution in [1.82, 2.24) is 0 Å². The predicted octanol–water partition coefficient (Wildman–Crippen LogP) is 4.83. The number of rotatable bonds is 3. The minimum absolute atomic E-state index is 0.159. The number of halogens is 1. The van der Waals surface area contributed by atoms with Gasteiger partial charge in [-0.15, -0.1) is 0 Å². The van der Waals surface area contributed by atoms with E-state index in [0.29, 0.717) is 5.57 Å². The fourth-order valence-electron chi connectivity index (χ4n) is 1.20. The molecule has 84 valence electrons. The van der Waals surface area contributed by atoms with Crippen LogP contribution in [-0.4, -0.2) is 0 Å². The Hall–Kier alpha value is -1.63. The molecule has 0 N–H and O–H groups in total. The first-order valence-corrected chi connectivity index (χ1v) is 5.27. The van der Waals surface area contributed by atoms with Gasteiger partial charge in [-0.25, -0.2) is 4.39 Å². The van der Waals surface area contributed by atoms with E-state index in [4.69, 9.17) is 0 Å². The van der Waals surface area contributed by atoms with Crippen LogP contribution < -0.4 is 0 Å². The van der Waals surface area contributed by atoms with Crippen LogP contribution in [0.1, 0.15) is 25.0 Å². The van der Waals surface area contributed by atoms with Crippen molar-refractivity contribution < 1.29 is 4.39 Å². The Labute approximate surface area is 96.8 Å². The van der Waals surface area contributed by atoms with Crippen LogP contribution in [0, 0.1) is 6.92 Å². The topological polar surface area (TPSA) is 0 Å². The maximum Gasteiger partial charge on any atom is 0.0997 e. The lowest BCUT2D eigenvalue weighted by molar-refractivity contribution is 0.631. The molecule has 0 unspecified atom stereocenters. The van der Waals surface area contributed by atoms with E-state index in [9.17, 15) is 4.39 Å². The van der Waals surface area contributed by atoms with Crippen LogP contribution in [-0.2, 0) is 0 Å². The molecule has 0 bridgehead atoms. The van der Waals surface area contributed by atoms with Gasteiger partial charge in [0.2, 0.25) is 0 Å². The highest BCUT2D eigenvalue weighted by atomic mass is 19.1. The third-order valence-corrected chi connectivity index (χ3v) is 2.50. The van der Waals surface area contributed by atoms with Gasteiger partial charge in [0.25, 0.3) is 0 Å². The molecule has 0 heterocycles. The average molecular weight is 216 g/mol. The summed E-state index contributed by atoms with van der Waals surface area (Å²) in [7, 11) is 0. The normalized spacial score (nSPS) is 12.8. The summed E-state index contributed by atoms with van der Waals surface area (Å²) in [5, 5.41) is 0. The Morgan fingerprint density at radius 3 is 2.19 bits per heavy atom. The summed E-state index contributed by atoms with van der Waals surface area (Å²) in [6, 6.07) is 8.11. The van der Waals surface area contributed by atoms with Gasteiger partial charge in [0, 0.05) is 0 Å². The molecule has 0 fully saturated rings. The van der Waals surface area contributed by atoms with Gasteiger partial charge < -0.3 is 0 Å². The number of benzene rings is 1. The van der Waals surface area contributed by atoms with E-state index in [2.05, 4.69) is 6.58 Å². The Morgan fingerprint density at radius 1 is 1.12 bits per heavy atom. The fraction of sp³-hybridized carbons (Fsp3) is 0.200. The molecule has 1 aromatic carbocycles. The fourth-order valence-corrected chi connectivity index (χ4v) is 1.20. The van der Waals surface area contributed by atoms with Gasteiger partial charge >= 0.3 is 0 Å².